The minimum absolute atomic E-state index is 0.181. The van der Waals surface area contributed by atoms with Crippen molar-refractivity contribution in [3.63, 3.8) is 0 Å². The van der Waals surface area contributed by atoms with Crippen LogP contribution in [0, 0.1) is 0 Å². The van der Waals surface area contributed by atoms with Gasteiger partial charge in [-0.2, -0.15) is 5.10 Å². The van der Waals surface area contributed by atoms with Crippen molar-refractivity contribution in [2.45, 2.75) is 6.92 Å². The number of nitrogens with zero attached hydrogens (tertiary/aromatic N) is 2. The molecule has 0 fully saturated rings. The Labute approximate surface area is 106 Å². The van der Waals surface area contributed by atoms with E-state index in [2.05, 4.69) is 20.5 Å². The Hall–Kier alpha value is -2.22. The minimum atomic E-state index is -0.542. The SMILES string of the molecule is CCOC(=O)c1cn[nH]c1NC(=O)c1cscn1. The molecule has 0 spiro atoms. The van der Waals surface area contributed by atoms with Crippen LogP contribution in [0.1, 0.15) is 27.8 Å². The third-order valence-corrected chi connectivity index (χ3v) is 2.62. The fourth-order valence-electron chi connectivity index (χ4n) is 1.25. The molecule has 2 aromatic heterocycles. The van der Waals surface area contributed by atoms with Gasteiger partial charge in [-0.3, -0.25) is 9.89 Å². The third kappa shape index (κ3) is 2.54. The molecule has 2 aromatic rings. The van der Waals surface area contributed by atoms with Gasteiger partial charge < -0.3 is 10.1 Å². The molecule has 0 unspecified atom stereocenters. The Morgan fingerprint density at radius 3 is 3.06 bits per heavy atom. The normalized spacial score (nSPS) is 10.1. The highest BCUT2D eigenvalue weighted by molar-refractivity contribution is 7.07. The van der Waals surface area contributed by atoms with Crippen molar-refractivity contribution < 1.29 is 14.3 Å². The summed E-state index contributed by atoms with van der Waals surface area (Å²) in [6.07, 6.45) is 1.30. The molecule has 0 saturated heterocycles. The van der Waals surface area contributed by atoms with E-state index in [4.69, 9.17) is 4.74 Å². The second-order valence-electron chi connectivity index (χ2n) is 3.21. The Morgan fingerprint density at radius 2 is 2.39 bits per heavy atom. The monoisotopic (exact) mass is 266 g/mol. The summed E-state index contributed by atoms with van der Waals surface area (Å²) in [7, 11) is 0. The highest BCUT2D eigenvalue weighted by Gasteiger charge is 2.18. The molecule has 0 aliphatic heterocycles. The molecule has 0 radical (unpaired) electrons. The maximum atomic E-state index is 11.7. The largest absolute Gasteiger partial charge is 0.462 e. The summed E-state index contributed by atoms with van der Waals surface area (Å²) in [6, 6.07) is 0. The molecule has 0 saturated carbocycles. The number of H-pyrrole nitrogens is 1. The van der Waals surface area contributed by atoms with Crippen molar-refractivity contribution in [3.05, 3.63) is 28.3 Å². The van der Waals surface area contributed by atoms with E-state index in [1.54, 1.807) is 17.8 Å². The first-order valence-electron chi connectivity index (χ1n) is 5.12. The number of carbonyl (C=O) groups is 2. The lowest BCUT2D eigenvalue weighted by Crippen LogP contribution is -2.15. The molecule has 0 atom stereocenters. The highest BCUT2D eigenvalue weighted by atomic mass is 32.1. The summed E-state index contributed by atoms with van der Waals surface area (Å²) < 4.78 is 4.84. The molecule has 8 heteroatoms. The van der Waals surface area contributed by atoms with Gasteiger partial charge in [0, 0.05) is 5.38 Å². The summed E-state index contributed by atoms with van der Waals surface area (Å²) in [5, 5.41) is 10.4. The molecule has 0 aromatic carbocycles. The molecular formula is C10H10N4O3S. The fraction of sp³-hybridized carbons (Fsp3) is 0.200. The van der Waals surface area contributed by atoms with Crippen LogP contribution >= 0.6 is 11.3 Å². The summed E-state index contributed by atoms with van der Waals surface area (Å²) in [4.78, 5) is 27.2. The van der Waals surface area contributed by atoms with Gasteiger partial charge in [-0.05, 0) is 6.92 Å². The standard InChI is InChI=1S/C10H10N4O3S/c1-2-17-10(16)6-3-12-14-8(6)13-9(15)7-4-18-5-11-7/h3-5H,2H2,1H3,(H2,12,13,14,15). The predicted molar refractivity (Wildman–Crippen MR) is 64.6 cm³/mol. The van der Waals surface area contributed by atoms with E-state index >= 15 is 0 Å². The van der Waals surface area contributed by atoms with Gasteiger partial charge in [-0.25, -0.2) is 9.78 Å². The number of esters is 1. The van der Waals surface area contributed by atoms with Crippen LogP contribution in [0.15, 0.2) is 17.1 Å². The van der Waals surface area contributed by atoms with Gasteiger partial charge in [0.15, 0.2) is 0 Å². The van der Waals surface area contributed by atoms with Gasteiger partial charge in [-0.1, -0.05) is 0 Å². The zero-order chi connectivity index (χ0) is 13.0. The van der Waals surface area contributed by atoms with Crippen LogP contribution in [-0.4, -0.2) is 33.7 Å². The number of rotatable bonds is 4. The van der Waals surface area contributed by atoms with Gasteiger partial charge in [-0.15, -0.1) is 11.3 Å². The second kappa shape index (κ2) is 5.41. The van der Waals surface area contributed by atoms with Crippen molar-refractivity contribution in [3.8, 4) is 0 Å². The van der Waals surface area contributed by atoms with Crippen molar-refractivity contribution in [1.29, 1.82) is 0 Å². The molecule has 7 nitrogen and oxygen atoms in total. The molecular weight excluding hydrogens is 256 g/mol. The van der Waals surface area contributed by atoms with Gasteiger partial charge in [0.05, 0.1) is 18.3 Å². The van der Waals surface area contributed by atoms with Crippen LogP contribution < -0.4 is 5.32 Å². The molecule has 2 heterocycles. The first-order valence-corrected chi connectivity index (χ1v) is 6.06. The summed E-state index contributed by atoms with van der Waals surface area (Å²) >= 11 is 1.31. The zero-order valence-electron chi connectivity index (χ0n) is 9.47. The van der Waals surface area contributed by atoms with Crippen molar-refractivity contribution in [2.75, 3.05) is 11.9 Å². The van der Waals surface area contributed by atoms with E-state index in [9.17, 15) is 9.59 Å². The van der Waals surface area contributed by atoms with Crippen molar-refractivity contribution >= 4 is 29.0 Å². The first-order chi connectivity index (χ1) is 8.72. The average molecular weight is 266 g/mol. The lowest BCUT2D eigenvalue weighted by molar-refractivity contribution is 0.0527. The summed E-state index contributed by atoms with van der Waals surface area (Å²) in [5.74, 6) is -0.752. The molecule has 2 N–H and O–H groups in total. The summed E-state index contributed by atoms with van der Waals surface area (Å²) in [6.45, 7) is 1.95. The zero-order valence-corrected chi connectivity index (χ0v) is 10.3. The maximum absolute atomic E-state index is 11.7. The third-order valence-electron chi connectivity index (χ3n) is 2.04. The lowest BCUT2D eigenvalue weighted by Gasteiger charge is -2.03. The summed E-state index contributed by atoms with van der Waals surface area (Å²) in [5.41, 5.74) is 2.01. The predicted octanol–water partition coefficient (Wildman–Crippen LogP) is 1.30. The smallest absolute Gasteiger partial charge is 0.343 e. The van der Waals surface area contributed by atoms with E-state index in [-0.39, 0.29) is 23.7 Å². The first kappa shape index (κ1) is 12.2. The van der Waals surface area contributed by atoms with E-state index in [1.807, 2.05) is 0 Å². The van der Waals surface area contributed by atoms with Crippen LogP contribution in [0.2, 0.25) is 0 Å². The number of hydrogen-bond acceptors (Lipinski definition) is 6. The highest BCUT2D eigenvalue weighted by Crippen LogP contribution is 2.14. The van der Waals surface area contributed by atoms with Crippen molar-refractivity contribution in [2.24, 2.45) is 0 Å². The topological polar surface area (TPSA) is 97.0 Å². The maximum Gasteiger partial charge on any atom is 0.343 e. The lowest BCUT2D eigenvalue weighted by atomic mass is 10.3. The van der Waals surface area contributed by atoms with Gasteiger partial charge >= 0.3 is 5.97 Å². The molecule has 0 aliphatic carbocycles. The van der Waals surface area contributed by atoms with E-state index in [1.165, 1.54) is 17.5 Å². The number of hydrogen-bond donors (Lipinski definition) is 2. The van der Waals surface area contributed by atoms with Crippen LogP contribution in [-0.2, 0) is 4.74 Å². The van der Waals surface area contributed by atoms with Crippen LogP contribution in [0.3, 0.4) is 0 Å². The van der Waals surface area contributed by atoms with Crippen LogP contribution in [0.5, 0.6) is 0 Å². The molecule has 94 valence electrons. The van der Waals surface area contributed by atoms with Gasteiger partial charge in [0.2, 0.25) is 0 Å². The molecule has 1 amide bonds. The number of nitrogens with one attached hydrogen (secondary N) is 2. The second-order valence-corrected chi connectivity index (χ2v) is 3.93. The fourth-order valence-corrected chi connectivity index (χ4v) is 1.78. The molecule has 18 heavy (non-hydrogen) atoms. The Kier molecular flexibility index (Phi) is 3.68. The van der Waals surface area contributed by atoms with Crippen molar-refractivity contribution in [1.82, 2.24) is 15.2 Å². The average Bonchev–Trinajstić information content (AvgIpc) is 2.99. The number of amides is 1. The number of ether oxygens (including phenoxy) is 1. The van der Waals surface area contributed by atoms with E-state index < -0.39 is 11.9 Å². The Bertz CT molecular complexity index is 549. The van der Waals surface area contributed by atoms with E-state index in [0.717, 1.165) is 0 Å². The Morgan fingerprint density at radius 1 is 1.56 bits per heavy atom. The number of aromatic nitrogens is 3. The molecule has 0 bridgehead atoms. The number of thiazole rings is 1. The van der Waals surface area contributed by atoms with Gasteiger partial charge in [0.1, 0.15) is 17.1 Å². The minimum Gasteiger partial charge on any atom is -0.462 e. The van der Waals surface area contributed by atoms with Gasteiger partial charge in [0.25, 0.3) is 5.91 Å². The Balaban J connectivity index is 2.13. The van der Waals surface area contributed by atoms with Crippen LogP contribution in [0.25, 0.3) is 0 Å². The quantitative estimate of drug-likeness (QED) is 0.813. The molecule has 2 rings (SSSR count). The molecule has 0 aliphatic rings. The number of aromatic amines is 1. The van der Waals surface area contributed by atoms with Crippen LogP contribution in [0.4, 0.5) is 5.82 Å². The number of anilines is 1. The number of carbonyl (C=O) groups excluding carboxylic acids is 2. The van der Waals surface area contributed by atoms with E-state index in [0.29, 0.717) is 0 Å².